The molecule has 0 aliphatic rings. The second-order valence-corrected chi connectivity index (χ2v) is 5.62. The highest BCUT2D eigenvalue weighted by molar-refractivity contribution is 5.99. The average Bonchev–Trinajstić information content (AvgIpc) is 3.02. The average molecular weight is 342 g/mol. The summed E-state index contributed by atoms with van der Waals surface area (Å²) in [5, 5.41) is 21.3. The molecule has 1 atom stereocenters. The number of nitrogens with one attached hydrogen (secondary N) is 2. The zero-order valence-corrected chi connectivity index (χ0v) is 13.0. The Morgan fingerprint density at radius 3 is 2.52 bits per heavy atom. The molecule has 0 unspecified atom stereocenters. The van der Waals surface area contributed by atoms with Crippen molar-refractivity contribution >= 4 is 22.8 Å². The number of carbonyl (C=O) groups excluding carboxylic acids is 1. The minimum atomic E-state index is -1.19. The fourth-order valence-electron chi connectivity index (χ4n) is 2.54. The number of aromatic amines is 1. The quantitative estimate of drug-likeness (QED) is 0.572. The molecule has 128 valence electrons. The number of halogens is 1. The molecule has 1 aromatic heterocycles. The molecule has 2 aromatic carbocycles. The van der Waals surface area contributed by atoms with Crippen molar-refractivity contribution in [3.05, 3.63) is 65.6 Å². The van der Waals surface area contributed by atoms with Crippen LogP contribution in [0.4, 0.5) is 4.39 Å². The lowest BCUT2D eigenvalue weighted by Gasteiger charge is -2.14. The predicted molar refractivity (Wildman–Crippen MR) is 89.0 cm³/mol. The van der Waals surface area contributed by atoms with Gasteiger partial charge in [-0.15, -0.1) is 0 Å². The molecule has 0 radical (unpaired) electrons. The van der Waals surface area contributed by atoms with E-state index in [1.54, 1.807) is 18.2 Å². The number of aliphatic carboxylic acids is 1. The maximum atomic E-state index is 13.7. The van der Waals surface area contributed by atoms with Crippen molar-refractivity contribution in [3.8, 4) is 5.75 Å². The Hall–Kier alpha value is -3.35. The maximum absolute atomic E-state index is 13.7. The second-order valence-electron chi connectivity index (χ2n) is 5.62. The number of phenols is 1. The van der Waals surface area contributed by atoms with Crippen molar-refractivity contribution < 1.29 is 24.2 Å². The van der Waals surface area contributed by atoms with Gasteiger partial charge in [-0.25, -0.2) is 9.18 Å². The first-order valence-electron chi connectivity index (χ1n) is 7.53. The highest BCUT2D eigenvalue weighted by atomic mass is 19.1. The molecule has 6 nitrogen and oxygen atoms in total. The smallest absolute Gasteiger partial charge is 0.326 e. The fourth-order valence-corrected chi connectivity index (χ4v) is 2.54. The number of carboxylic acid groups (broad SMARTS) is 1. The third-order valence-electron chi connectivity index (χ3n) is 3.84. The lowest BCUT2D eigenvalue weighted by atomic mass is 10.1. The Morgan fingerprint density at radius 2 is 1.88 bits per heavy atom. The molecule has 0 aliphatic heterocycles. The first kappa shape index (κ1) is 16.5. The highest BCUT2D eigenvalue weighted by Crippen LogP contribution is 2.19. The van der Waals surface area contributed by atoms with Crippen LogP contribution in [0.1, 0.15) is 16.1 Å². The summed E-state index contributed by atoms with van der Waals surface area (Å²) in [4.78, 5) is 26.5. The third-order valence-corrected chi connectivity index (χ3v) is 3.84. The van der Waals surface area contributed by atoms with Gasteiger partial charge < -0.3 is 20.5 Å². The van der Waals surface area contributed by atoms with Gasteiger partial charge in [0.25, 0.3) is 5.91 Å². The molecule has 7 heteroatoms. The Labute approximate surface area is 141 Å². The molecular weight excluding hydrogens is 327 g/mol. The van der Waals surface area contributed by atoms with Crippen LogP contribution in [-0.4, -0.2) is 33.1 Å². The first-order valence-corrected chi connectivity index (χ1v) is 7.53. The number of aromatic nitrogens is 1. The second kappa shape index (κ2) is 6.64. The van der Waals surface area contributed by atoms with E-state index >= 15 is 0 Å². The maximum Gasteiger partial charge on any atom is 0.326 e. The summed E-state index contributed by atoms with van der Waals surface area (Å²) in [5.41, 5.74) is 1.18. The molecule has 0 fully saturated rings. The van der Waals surface area contributed by atoms with E-state index in [0.717, 1.165) is 0 Å². The van der Waals surface area contributed by atoms with E-state index in [2.05, 4.69) is 10.3 Å². The topological polar surface area (TPSA) is 102 Å². The van der Waals surface area contributed by atoms with Gasteiger partial charge in [-0.1, -0.05) is 18.2 Å². The van der Waals surface area contributed by atoms with Crippen molar-refractivity contribution in [3.63, 3.8) is 0 Å². The van der Waals surface area contributed by atoms with Crippen LogP contribution in [0.15, 0.2) is 48.5 Å². The molecule has 1 heterocycles. The van der Waals surface area contributed by atoms with E-state index in [9.17, 15) is 24.2 Å². The third kappa shape index (κ3) is 3.60. The lowest BCUT2D eigenvalue weighted by molar-refractivity contribution is -0.139. The monoisotopic (exact) mass is 342 g/mol. The summed E-state index contributed by atoms with van der Waals surface area (Å²) in [6.45, 7) is 0. The number of carboxylic acids is 1. The van der Waals surface area contributed by atoms with Gasteiger partial charge in [-0.05, 0) is 35.9 Å². The molecular formula is C18H15FN2O4. The largest absolute Gasteiger partial charge is 0.508 e. The van der Waals surface area contributed by atoms with Gasteiger partial charge in [0.15, 0.2) is 0 Å². The number of phenolic OH excluding ortho intramolecular Hbond substituents is 1. The van der Waals surface area contributed by atoms with Gasteiger partial charge in [0.1, 0.15) is 23.3 Å². The van der Waals surface area contributed by atoms with Gasteiger partial charge >= 0.3 is 5.97 Å². The van der Waals surface area contributed by atoms with Crippen LogP contribution < -0.4 is 5.32 Å². The predicted octanol–water partition coefficient (Wildman–Crippen LogP) is 2.44. The van der Waals surface area contributed by atoms with E-state index < -0.39 is 23.7 Å². The number of rotatable bonds is 5. The summed E-state index contributed by atoms with van der Waals surface area (Å²) < 4.78 is 13.7. The first-order chi connectivity index (χ1) is 11.9. The molecule has 4 N–H and O–H groups in total. The number of hydrogen-bond acceptors (Lipinski definition) is 3. The molecule has 0 saturated carbocycles. The summed E-state index contributed by atoms with van der Waals surface area (Å²) in [7, 11) is 0. The Kier molecular flexibility index (Phi) is 4.38. The van der Waals surface area contributed by atoms with E-state index in [-0.39, 0.29) is 23.3 Å². The Morgan fingerprint density at radius 1 is 1.16 bits per heavy atom. The standard InChI is InChI=1S/C18H15FN2O4/c19-13-2-1-3-14-12(13)9-15(20-14)17(23)21-16(18(24)25)8-10-4-6-11(22)7-5-10/h1-7,9,16,20,22H,8H2,(H,21,23)(H,24,25)/t16-/m0/s1. The van der Waals surface area contributed by atoms with E-state index in [0.29, 0.717) is 11.1 Å². The zero-order valence-electron chi connectivity index (χ0n) is 13.0. The normalized spacial score (nSPS) is 12.0. The minimum Gasteiger partial charge on any atom is -0.508 e. The lowest BCUT2D eigenvalue weighted by Crippen LogP contribution is -2.42. The Bertz CT molecular complexity index is 934. The number of hydrogen-bond donors (Lipinski definition) is 4. The number of H-pyrrole nitrogens is 1. The summed E-state index contributed by atoms with van der Waals surface area (Å²) in [6, 6.07) is 10.6. The molecule has 0 saturated heterocycles. The van der Waals surface area contributed by atoms with Gasteiger partial charge in [0.05, 0.1) is 0 Å². The van der Waals surface area contributed by atoms with Gasteiger partial charge in [0, 0.05) is 17.3 Å². The minimum absolute atomic E-state index is 0.0515. The molecule has 3 aromatic rings. The van der Waals surface area contributed by atoms with E-state index in [1.165, 1.54) is 30.3 Å². The summed E-state index contributed by atoms with van der Waals surface area (Å²) >= 11 is 0. The van der Waals surface area contributed by atoms with Gasteiger partial charge in [-0.3, -0.25) is 4.79 Å². The number of carbonyl (C=O) groups is 2. The van der Waals surface area contributed by atoms with Crippen molar-refractivity contribution in [2.24, 2.45) is 0 Å². The number of fused-ring (bicyclic) bond motifs is 1. The fraction of sp³-hybridized carbons (Fsp3) is 0.111. The van der Waals surface area contributed by atoms with Crippen molar-refractivity contribution in [1.29, 1.82) is 0 Å². The highest BCUT2D eigenvalue weighted by Gasteiger charge is 2.22. The molecule has 0 bridgehead atoms. The SMILES string of the molecule is O=C(N[C@@H](Cc1ccc(O)cc1)C(=O)O)c1cc2c(F)cccc2[nH]1. The summed E-state index contributed by atoms with van der Waals surface area (Å²) in [6.07, 6.45) is 0.0515. The van der Waals surface area contributed by atoms with Gasteiger partial charge in [0.2, 0.25) is 0 Å². The van der Waals surface area contributed by atoms with Gasteiger partial charge in [-0.2, -0.15) is 0 Å². The van der Waals surface area contributed by atoms with Crippen molar-refractivity contribution in [1.82, 2.24) is 10.3 Å². The molecule has 3 rings (SSSR count). The van der Waals surface area contributed by atoms with E-state index in [1.807, 2.05) is 0 Å². The molecule has 25 heavy (non-hydrogen) atoms. The van der Waals surface area contributed by atoms with Crippen LogP contribution >= 0.6 is 0 Å². The summed E-state index contributed by atoms with van der Waals surface area (Å²) in [5.74, 6) is -2.23. The van der Waals surface area contributed by atoms with Crippen LogP contribution in [0.5, 0.6) is 5.75 Å². The molecule has 0 aliphatic carbocycles. The van der Waals surface area contributed by atoms with Crippen LogP contribution in [0.25, 0.3) is 10.9 Å². The van der Waals surface area contributed by atoms with Crippen LogP contribution in [0.3, 0.4) is 0 Å². The van der Waals surface area contributed by atoms with Crippen molar-refractivity contribution in [2.45, 2.75) is 12.5 Å². The number of amides is 1. The number of aromatic hydroxyl groups is 1. The molecule has 0 spiro atoms. The zero-order chi connectivity index (χ0) is 18.0. The molecule has 1 amide bonds. The van der Waals surface area contributed by atoms with Crippen LogP contribution in [-0.2, 0) is 11.2 Å². The van der Waals surface area contributed by atoms with E-state index in [4.69, 9.17) is 0 Å². The number of benzene rings is 2. The van der Waals surface area contributed by atoms with Crippen LogP contribution in [0.2, 0.25) is 0 Å². The van der Waals surface area contributed by atoms with Crippen LogP contribution in [0, 0.1) is 5.82 Å². The Balaban J connectivity index is 1.78. The van der Waals surface area contributed by atoms with Crippen molar-refractivity contribution in [2.75, 3.05) is 0 Å².